The van der Waals surface area contributed by atoms with Gasteiger partial charge in [0.2, 0.25) is 0 Å². The summed E-state index contributed by atoms with van der Waals surface area (Å²) in [5.41, 5.74) is 7.83. The van der Waals surface area contributed by atoms with Crippen molar-refractivity contribution >= 4 is 11.0 Å². The van der Waals surface area contributed by atoms with E-state index in [2.05, 4.69) is 19.1 Å². The molecule has 2 aromatic rings. The van der Waals surface area contributed by atoms with Gasteiger partial charge in [-0.25, -0.2) is 0 Å². The normalized spacial score (nSPS) is 13.3. The Kier molecular flexibility index (Phi) is 2.55. The quantitative estimate of drug-likeness (QED) is 0.806. The van der Waals surface area contributed by atoms with E-state index in [9.17, 15) is 0 Å². The van der Waals surface area contributed by atoms with E-state index in [1.165, 1.54) is 10.9 Å². The summed E-state index contributed by atoms with van der Waals surface area (Å²) in [6.45, 7) is 2.94. The Hall–Kier alpha value is -1.28. The van der Waals surface area contributed by atoms with Crippen molar-refractivity contribution in [1.82, 2.24) is 0 Å². The molecule has 2 N–H and O–H groups in total. The molecule has 14 heavy (non-hydrogen) atoms. The molecule has 0 aliphatic heterocycles. The van der Waals surface area contributed by atoms with Crippen LogP contribution in [-0.4, -0.2) is 6.54 Å². The topological polar surface area (TPSA) is 39.2 Å². The Morgan fingerprint density at radius 1 is 1.36 bits per heavy atom. The van der Waals surface area contributed by atoms with Crippen molar-refractivity contribution in [3.8, 4) is 0 Å². The van der Waals surface area contributed by atoms with Crippen molar-refractivity contribution < 1.29 is 4.42 Å². The largest absolute Gasteiger partial charge is 0.464 e. The Morgan fingerprint density at radius 2 is 2.21 bits per heavy atom. The number of fused-ring (bicyclic) bond motifs is 1. The van der Waals surface area contributed by atoms with Gasteiger partial charge in [0.15, 0.2) is 0 Å². The van der Waals surface area contributed by atoms with E-state index in [4.69, 9.17) is 10.2 Å². The molecule has 0 saturated heterocycles. The SMILES string of the molecule is CC(CCN)c1ccc2occc2c1. The summed E-state index contributed by atoms with van der Waals surface area (Å²) in [6, 6.07) is 8.32. The monoisotopic (exact) mass is 189 g/mol. The first-order valence-corrected chi connectivity index (χ1v) is 4.98. The summed E-state index contributed by atoms with van der Waals surface area (Å²) >= 11 is 0. The number of furan rings is 1. The molecule has 1 heterocycles. The van der Waals surface area contributed by atoms with Crippen LogP contribution in [-0.2, 0) is 0 Å². The number of rotatable bonds is 3. The van der Waals surface area contributed by atoms with Gasteiger partial charge < -0.3 is 10.2 Å². The molecule has 2 heteroatoms. The summed E-state index contributed by atoms with van der Waals surface area (Å²) in [5.74, 6) is 0.527. The van der Waals surface area contributed by atoms with E-state index < -0.39 is 0 Å². The highest BCUT2D eigenvalue weighted by Crippen LogP contribution is 2.23. The first kappa shape index (κ1) is 9.28. The van der Waals surface area contributed by atoms with Gasteiger partial charge in [-0.2, -0.15) is 0 Å². The third-order valence-electron chi connectivity index (χ3n) is 2.65. The minimum absolute atomic E-state index is 0.527. The van der Waals surface area contributed by atoms with E-state index >= 15 is 0 Å². The molecule has 0 aliphatic carbocycles. The summed E-state index contributed by atoms with van der Waals surface area (Å²) in [4.78, 5) is 0. The number of hydrogen-bond acceptors (Lipinski definition) is 2. The summed E-state index contributed by atoms with van der Waals surface area (Å²) in [7, 11) is 0. The fourth-order valence-corrected chi connectivity index (χ4v) is 1.71. The molecule has 0 saturated carbocycles. The van der Waals surface area contributed by atoms with Crippen LogP contribution in [0.3, 0.4) is 0 Å². The van der Waals surface area contributed by atoms with Crippen molar-refractivity contribution in [2.75, 3.05) is 6.54 Å². The van der Waals surface area contributed by atoms with Crippen molar-refractivity contribution in [3.63, 3.8) is 0 Å². The van der Waals surface area contributed by atoms with Crippen LogP contribution in [0.25, 0.3) is 11.0 Å². The molecule has 0 aliphatic rings. The lowest BCUT2D eigenvalue weighted by Gasteiger charge is -2.09. The molecule has 0 amide bonds. The van der Waals surface area contributed by atoms with E-state index in [-0.39, 0.29) is 0 Å². The molecular weight excluding hydrogens is 174 g/mol. The Morgan fingerprint density at radius 3 is 3.00 bits per heavy atom. The first-order chi connectivity index (χ1) is 6.81. The van der Waals surface area contributed by atoms with Crippen LogP contribution in [0.4, 0.5) is 0 Å². The van der Waals surface area contributed by atoms with Crippen molar-refractivity contribution in [3.05, 3.63) is 36.1 Å². The average molecular weight is 189 g/mol. The highest BCUT2D eigenvalue weighted by Gasteiger charge is 2.05. The maximum atomic E-state index is 5.54. The highest BCUT2D eigenvalue weighted by molar-refractivity contribution is 5.77. The predicted octanol–water partition coefficient (Wildman–Crippen LogP) is 2.89. The van der Waals surface area contributed by atoms with E-state index in [1.54, 1.807) is 6.26 Å². The third-order valence-corrected chi connectivity index (χ3v) is 2.65. The zero-order valence-electron chi connectivity index (χ0n) is 8.36. The minimum Gasteiger partial charge on any atom is -0.464 e. The van der Waals surface area contributed by atoms with Crippen LogP contribution in [0, 0.1) is 0 Å². The highest BCUT2D eigenvalue weighted by atomic mass is 16.3. The number of benzene rings is 1. The smallest absolute Gasteiger partial charge is 0.133 e. The van der Waals surface area contributed by atoms with Crippen molar-refractivity contribution in [2.45, 2.75) is 19.3 Å². The second-order valence-corrected chi connectivity index (χ2v) is 3.70. The number of nitrogens with two attached hydrogens (primary N) is 1. The first-order valence-electron chi connectivity index (χ1n) is 4.98. The van der Waals surface area contributed by atoms with Gasteiger partial charge in [0, 0.05) is 5.39 Å². The molecule has 1 unspecified atom stereocenters. The minimum atomic E-state index is 0.527. The lowest BCUT2D eigenvalue weighted by molar-refractivity contribution is 0.615. The molecule has 74 valence electrons. The zero-order valence-corrected chi connectivity index (χ0v) is 8.36. The van der Waals surface area contributed by atoms with Gasteiger partial charge in [0.05, 0.1) is 6.26 Å². The zero-order chi connectivity index (χ0) is 9.97. The summed E-state index contributed by atoms with van der Waals surface area (Å²) in [5, 5.41) is 1.17. The van der Waals surface area contributed by atoms with Gasteiger partial charge in [-0.05, 0) is 42.6 Å². The average Bonchev–Trinajstić information content (AvgIpc) is 2.64. The maximum Gasteiger partial charge on any atom is 0.133 e. The Bertz CT molecular complexity index is 419. The molecule has 0 spiro atoms. The Balaban J connectivity index is 2.33. The predicted molar refractivity (Wildman–Crippen MR) is 58.3 cm³/mol. The molecule has 1 aromatic carbocycles. The fourth-order valence-electron chi connectivity index (χ4n) is 1.71. The molecule has 1 atom stereocenters. The second-order valence-electron chi connectivity index (χ2n) is 3.70. The molecule has 0 radical (unpaired) electrons. The van der Waals surface area contributed by atoms with Gasteiger partial charge in [-0.15, -0.1) is 0 Å². The third kappa shape index (κ3) is 1.66. The molecule has 2 nitrogen and oxygen atoms in total. The van der Waals surface area contributed by atoms with E-state index in [0.717, 1.165) is 18.5 Å². The summed E-state index contributed by atoms with van der Waals surface area (Å²) in [6.07, 6.45) is 2.76. The van der Waals surface area contributed by atoms with Crippen LogP contribution in [0.15, 0.2) is 34.9 Å². The van der Waals surface area contributed by atoms with Crippen LogP contribution in [0.5, 0.6) is 0 Å². The molecule has 0 bridgehead atoms. The van der Waals surface area contributed by atoms with Crippen LogP contribution in [0.1, 0.15) is 24.8 Å². The molecule has 0 fully saturated rings. The van der Waals surface area contributed by atoms with Gasteiger partial charge >= 0.3 is 0 Å². The van der Waals surface area contributed by atoms with Gasteiger partial charge in [0.25, 0.3) is 0 Å². The Labute approximate surface area is 83.7 Å². The van der Waals surface area contributed by atoms with E-state index in [1.807, 2.05) is 12.1 Å². The molecular formula is C12H15NO. The number of hydrogen-bond donors (Lipinski definition) is 1. The van der Waals surface area contributed by atoms with Crippen LogP contribution >= 0.6 is 0 Å². The fraction of sp³-hybridized carbons (Fsp3) is 0.333. The molecule has 1 aromatic heterocycles. The van der Waals surface area contributed by atoms with Gasteiger partial charge in [0.1, 0.15) is 5.58 Å². The van der Waals surface area contributed by atoms with E-state index in [0.29, 0.717) is 5.92 Å². The van der Waals surface area contributed by atoms with Crippen molar-refractivity contribution in [2.24, 2.45) is 5.73 Å². The standard InChI is InChI=1S/C12H15NO/c1-9(4-6-13)10-2-3-12-11(8-10)5-7-14-12/h2-3,5,7-9H,4,6,13H2,1H3. The summed E-state index contributed by atoms with van der Waals surface area (Å²) < 4.78 is 5.29. The lowest BCUT2D eigenvalue weighted by Crippen LogP contribution is -2.04. The molecule has 2 rings (SSSR count). The van der Waals surface area contributed by atoms with Gasteiger partial charge in [-0.3, -0.25) is 0 Å². The van der Waals surface area contributed by atoms with Gasteiger partial charge in [-0.1, -0.05) is 13.0 Å². The maximum absolute atomic E-state index is 5.54. The second kappa shape index (κ2) is 3.84. The lowest BCUT2D eigenvalue weighted by atomic mass is 9.97. The van der Waals surface area contributed by atoms with Crippen LogP contribution in [0.2, 0.25) is 0 Å². The van der Waals surface area contributed by atoms with Crippen molar-refractivity contribution in [1.29, 1.82) is 0 Å². The van der Waals surface area contributed by atoms with Crippen LogP contribution < -0.4 is 5.73 Å².